The van der Waals surface area contributed by atoms with E-state index in [9.17, 15) is 0 Å². The molecular weight excluding hydrogens is 274 g/mol. The molecule has 0 aliphatic heterocycles. The number of ether oxygens (including phenoxy) is 2. The predicted molar refractivity (Wildman–Crippen MR) is 80.9 cm³/mol. The molecule has 108 valence electrons. The number of hydrogen-bond donors (Lipinski definition) is 1. The van der Waals surface area contributed by atoms with Crippen LogP contribution in [0.4, 0.5) is 5.13 Å². The zero-order valence-electron chi connectivity index (χ0n) is 12.1. The maximum atomic E-state index is 5.40. The lowest BCUT2D eigenvalue weighted by molar-refractivity contribution is 0.397. The van der Waals surface area contributed by atoms with E-state index in [-0.39, 0.29) is 6.04 Å². The Balaban J connectivity index is 2.20. The largest absolute Gasteiger partial charge is 0.497 e. The molecule has 0 spiro atoms. The third-order valence-electron chi connectivity index (χ3n) is 3.03. The van der Waals surface area contributed by atoms with Gasteiger partial charge in [-0.15, -0.1) is 0 Å². The molecule has 1 atom stereocenters. The number of nitrogens with one attached hydrogen (secondary N) is 1. The van der Waals surface area contributed by atoms with Crippen molar-refractivity contribution in [1.82, 2.24) is 9.36 Å². The van der Waals surface area contributed by atoms with Crippen LogP contribution < -0.4 is 14.8 Å². The van der Waals surface area contributed by atoms with E-state index in [1.165, 1.54) is 11.5 Å². The van der Waals surface area contributed by atoms with Crippen LogP contribution in [0.5, 0.6) is 11.5 Å². The summed E-state index contributed by atoms with van der Waals surface area (Å²) in [6.07, 6.45) is 0.842. The maximum Gasteiger partial charge on any atom is 0.203 e. The molecule has 1 N–H and O–H groups in total. The quantitative estimate of drug-likeness (QED) is 0.885. The second kappa shape index (κ2) is 6.56. The van der Waals surface area contributed by atoms with Crippen molar-refractivity contribution in [3.8, 4) is 11.5 Å². The van der Waals surface area contributed by atoms with Gasteiger partial charge in [-0.2, -0.15) is 4.37 Å². The highest BCUT2D eigenvalue weighted by Gasteiger charge is 2.14. The normalized spacial score (nSPS) is 12.0. The van der Waals surface area contributed by atoms with Gasteiger partial charge in [0.25, 0.3) is 0 Å². The molecule has 0 saturated carbocycles. The maximum absolute atomic E-state index is 5.40. The minimum absolute atomic E-state index is 0.0534. The van der Waals surface area contributed by atoms with Crippen LogP contribution in [0.3, 0.4) is 0 Å². The summed E-state index contributed by atoms with van der Waals surface area (Å²) in [6.45, 7) is 4.10. The van der Waals surface area contributed by atoms with Gasteiger partial charge < -0.3 is 14.8 Å². The fourth-order valence-electron chi connectivity index (χ4n) is 1.90. The molecular formula is C14H19N3O2S. The van der Waals surface area contributed by atoms with Gasteiger partial charge in [0, 0.05) is 23.5 Å². The summed E-state index contributed by atoms with van der Waals surface area (Å²) in [6, 6.07) is 5.81. The van der Waals surface area contributed by atoms with Crippen LogP contribution in [-0.4, -0.2) is 23.6 Å². The minimum atomic E-state index is 0.0534. The van der Waals surface area contributed by atoms with Gasteiger partial charge in [0.1, 0.15) is 17.3 Å². The second-order valence-electron chi connectivity index (χ2n) is 4.34. The van der Waals surface area contributed by atoms with Gasteiger partial charge in [0.05, 0.1) is 20.3 Å². The first-order valence-corrected chi connectivity index (χ1v) is 7.26. The molecule has 2 rings (SSSR count). The number of hydrogen-bond acceptors (Lipinski definition) is 6. The fraction of sp³-hybridized carbons (Fsp3) is 0.429. The van der Waals surface area contributed by atoms with E-state index in [1.54, 1.807) is 14.2 Å². The molecule has 0 radical (unpaired) electrons. The van der Waals surface area contributed by atoms with Crippen LogP contribution in [-0.2, 0) is 6.42 Å². The number of aryl methyl sites for hydroxylation is 1. The van der Waals surface area contributed by atoms with Crippen molar-refractivity contribution in [2.45, 2.75) is 26.3 Å². The van der Waals surface area contributed by atoms with E-state index in [4.69, 9.17) is 9.47 Å². The van der Waals surface area contributed by atoms with Crippen molar-refractivity contribution >= 4 is 16.7 Å². The Bertz CT molecular complexity index is 571. The highest BCUT2D eigenvalue weighted by Crippen LogP contribution is 2.31. The number of aromatic nitrogens is 2. The van der Waals surface area contributed by atoms with Gasteiger partial charge in [-0.1, -0.05) is 6.92 Å². The van der Waals surface area contributed by atoms with Crippen LogP contribution in [0.1, 0.15) is 31.3 Å². The third-order valence-corrected chi connectivity index (χ3v) is 3.71. The summed E-state index contributed by atoms with van der Waals surface area (Å²) < 4.78 is 14.9. The van der Waals surface area contributed by atoms with Crippen LogP contribution >= 0.6 is 11.5 Å². The smallest absolute Gasteiger partial charge is 0.203 e. The Morgan fingerprint density at radius 1 is 1.30 bits per heavy atom. The molecule has 20 heavy (non-hydrogen) atoms. The lowest BCUT2D eigenvalue weighted by atomic mass is 10.1. The zero-order chi connectivity index (χ0) is 14.5. The molecule has 1 aromatic heterocycles. The number of anilines is 1. The number of benzene rings is 1. The van der Waals surface area contributed by atoms with Gasteiger partial charge in [-0.3, -0.25) is 0 Å². The molecule has 0 fully saturated rings. The molecule has 1 heterocycles. The van der Waals surface area contributed by atoms with Crippen molar-refractivity contribution in [1.29, 1.82) is 0 Å². The van der Waals surface area contributed by atoms with E-state index in [2.05, 4.69) is 21.6 Å². The molecule has 0 amide bonds. The van der Waals surface area contributed by atoms with Gasteiger partial charge >= 0.3 is 0 Å². The van der Waals surface area contributed by atoms with E-state index in [0.717, 1.165) is 34.4 Å². The molecule has 0 bridgehead atoms. The molecule has 1 unspecified atom stereocenters. The lowest BCUT2D eigenvalue weighted by Gasteiger charge is -2.17. The van der Waals surface area contributed by atoms with Gasteiger partial charge in [-0.05, 0) is 25.1 Å². The van der Waals surface area contributed by atoms with Crippen molar-refractivity contribution in [2.24, 2.45) is 0 Å². The SMILES string of the molecule is CCc1nsc(NC(C)c2cc(OC)ccc2OC)n1. The summed E-state index contributed by atoms with van der Waals surface area (Å²) in [5, 5.41) is 4.17. The highest BCUT2D eigenvalue weighted by molar-refractivity contribution is 7.09. The standard InChI is InChI=1S/C14H19N3O2S/c1-5-13-16-14(20-17-13)15-9(2)11-8-10(18-3)6-7-12(11)19-4/h6-9H,5H2,1-4H3,(H,15,16,17). The summed E-state index contributed by atoms with van der Waals surface area (Å²) in [4.78, 5) is 4.42. The first-order chi connectivity index (χ1) is 9.67. The molecule has 1 aromatic carbocycles. The van der Waals surface area contributed by atoms with E-state index in [0.29, 0.717) is 0 Å². The van der Waals surface area contributed by atoms with Crippen LogP contribution in [0.2, 0.25) is 0 Å². The Kier molecular flexibility index (Phi) is 4.79. The van der Waals surface area contributed by atoms with Gasteiger partial charge in [0.2, 0.25) is 5.13 Å². The molecule has 0 aliphatic rings. The highest BCUT2D eigenvalue weighted by atomic mass is 32.1. The lowest BCUT2D eigenvalue weighted by Crippen LogP contribution is -2.08. The van der Waals surface area contributed by atoms with Crippen molar-refractivity contribution in [3.05, 3.63) is 29.6 Å². The summed E-state index contributed by atoms with van der Waals surface area (Å²) >= 11 is 1.38. The Hall–Kier alpha value is -1.82. The van der Waals surface area contributed by atoms with Crippen LogP contribution in [0.25, 0.3) is 0 Å². The molecule has 0 aliphatic carbocycles. The first kappa shape index (κ1) is 14.6. The molecule has 2 aromatic rings. The van der Waals surface area contributed by atoms with Crippen LogP contribution in [0.15, 0.2) is 18.2 Å². The number of methoxy groups -OCH3 is 2. The molecule has 5 nitrogen and oxygen atoms in total. The fourth-order valence-corrected chi connectivity index (χ4v) is 2.63. The van der Waals surface area contributed by atoms with E-state index >= 15 is 0 Å². The first-order valence-electron chi connectivity index (χ1n) is 6.49. The average Bonchev–Trinajstić information content (AvgIpc) is 2.94. The Morgan fingerprint density at radius 3 is 2.70 bits per heavy atom. The van der Waals surface area contributed by atoms with Gasteiger partial charge in [0.15, 0.2) is 0 Å². The Labute approximate surface area is 123 Å². The van der Waals surface area contributed by atoms with Gasteiger partial charge in [-0.25, -0.2) is 4.98 Å². The van der Waals surface area contributed by atoms with Crippen molar-refractivity contribution in [2.75, 3.05) is 19.5 Å². The summed E-state index contributed by atoms with van der Waals surface area (Å²) in [7, 11) is 3.32. The third kappa shape index (κ3) is 3.19. The summed E-state index contributed by atoms with van der Waals surface area (Å²) in [5.41, 5.74) is 1.03. The zero-order valence-corrected chi connectivity index (χ0v) is 13.0. The average molecular weight is 293 g/mol. The number of nitrogens with zero attached hydrogens (tertiary/aromatic N) is 2. The Morgan fingerprint density at radius 2 is 2.10 bits per heavy atom. The predicted octanol–water partition coefficient (Wildman–Crippen LogP) is 3.29. The number of rotatable bonds is 6. The topological polar surface area (TPSA) is 56.3 Å². The summed E-state index contributed by atoms with van der Waals surface area (Å²) in [5.74, 6) is 2.49. The molecule has 6 heteroatoms. The second-order valence-corrected chi connectivity index (χ2v) is 5.10. The minimum Gasteiger partial charge on any atom is -0.497 e. The monoisotopic (exact) mass is 293 g/mol. The van der Waals surface area contributed by atoms with Crippen molar-refractivity contribution in [3.63, 3.8) is 0 Å². The van der Waals surface area contributed by atoms with Crippen molar-refractivity contribution < 1.29 is 9.47 Å². The van der Waals surface area contributed by atoms with Crippen LogP contribution in [0, 0.1) is 0 Å². The molecule has 0 saturated heterocycles. The van der Waals surface area contributed by atoms with E-state index in [1.807, 2.05) is 25.1 Å². The van der Waals surface area contributed by atoms with E-state index < -0.39 is 0 Å².